The number of aromatic nitrogens is 2. The minimum Gasteiger partial charge on any atom is -0.496 e. The summed E-state index contributed by atoms with van der Waals surface area (Å²) in [6.07, 6.45) is 1.06. The van der Waals surface area contributed by atoms with Gasteiger partial charge in [-0.1, -0.05) is 0 Å². The Bertz CT molecular complexity index is 1390. The number of rotatable bonds is 8. The molecule has 1 amide bonds. The van der Waals surface area contributed by atoms with E-state index in [0.29, 0.717) is 41.8 Å². The van der Waals surface area contributed by atoms with Crippen LogP contribution in [0.3, 0.4) is 0 Å². The maximum absolute atomic E-state index is 14.8. The third-order valence-electron chi connectivity index (χ3n) is 7.34. The van der Waals surface area contributed by atoms with E-state index in [2.05, 4.69) is 38.9 Å². The van der Waals surface area contributed by atoms with E-state index < -0.39 is 11.6 Å². The van der Waals surface area contributed by atoms with Crippen LogP contribution in [-0.2, 0) is 11.3 Å². The Labute approximate surface area is 232 Å². The molecule has 0 saturated carbocycles. The van der Waals surface area contributed by atoms with Crippen molar-refractivity contribution >= 4 is 23.2 Å². The van der Waals surface area contributed by atoms with E-state index in [1.807, 2.05) is 19.1 Å². The molecule has 2 aliphatic rings. The molecule has 0 aliphatic carbocycles. The number of carbonyl (C=O) groups is 1. The lowest BCUT2D eigenvalue weighted by atomic mass is 10.1. The lowest BCUT2D eigenvalue weighted by Crippen LogP contribution is -2.48. The summed E-state index contributed by atoms with van der Waals surface area (Å²) >= 11 is 0. The number of ether oxygens (including phenoxy) is 2. The van der Waals surface area contributed by atoms with Crippen molar-refractivity contribution in [3.8, 4) is 22.8 Å². The van der Waals surface area contributed by atoms with Crippen LogP contribution >= 0.6 is 0 Å². The smallest absolute Gasteiger partial charge is 0.265 e. The fraction of sp³-hybridized carbons (Fsp3) is 0.414. The molecule has 9 nitrogen and oxygen atoms in total. The number of likely N-dealkylation sites (N-methyl/N-ethyl adjacent to an activating group) is 1. The first kappa shape index (κ1) is 27.7. The third-order valence-corrected chi connectivity index (χ3v) is 7.34. The minimum atomic E-state index is -0.668. The van der Waals surface area contributed by atoms with E-state index in [9.17, 15) is 13.6 Å². The number of methoxy groups -OCH3 is 1. The molecule has 0 bridgehead atoms. The number of anilines is 3. The molecule has 5 rings (SSSR count). The number of hydrogen-bond donors (Lipinski definition) is 1. The van der Waals surface area contributed by atoms with E-state index in [-0.39, 0.29) is 29.9 Å². The maximum Gasteiger partial charge on any atom is 0.265 e. The van der Waals surface area contributed by atoms with Gasteiger partial charge in [-0.2, -0.15) is 0 Å². The molecule has 0 unspecified atom stereocenters. The number of fused-ring (bicyclic) bond motifs is 1. The van der Waals surface area contributed by atoms with Crippen LogP contribution in [0.25, 0.3) is 11.3 Å². The number of nitrogens with one attached hydrogen (secondary N) is 1. The summed E-state index contributed by atoms with van der Waals surface area (Å²) < 4.78 is 39.8. The van der Waals surface area contributed by atoms with Crippen LogP contribution in [-0.4, -0.2) is 78.2 Å². The second kappa shape index (κ2) is 11.7. The Kier molecular flexibility index (Phi) is 8.13. The van der Waals surface area contributed by atoms with Crippen molar-refractivity contribution in [2.45, 2.75) is 33.4 Å². The molecule has 3 aromatic rings. The van der Waals surface area contributed by atoms with Crippen molar-refractivity contribution in [2.75, 3.05) is 56.7 Å². The highest BCUT2D eigenvalue weighted by molar-refractivity contribution is 5.99. The summed E-state index contributed by atoms with van der Waals surface area (Å²) in [6, 6.07) is 8.10. The molecule has 0 radical (unpaired) electrons. The van der Waals surface area contributed by atoms with Crippen molar-refractivity contribution < 1.29 is 23.0 Å². The molecule has 212 valence electrons. The first-order valence-corrected chi connectivity index (χ1v) is 13.5. The molecule has 3 heterocycles. The van der Waals surface area contributed by atoms with Gasteiger partial charge in [0, 0.05) is 68.2 Å². The number of amides is 1. The zero-order valence-corrected chi connectivity index (χ0v) is 23.2. The average Bonchev–Trinajstić information content (AvgIpc) is 2.94. The summed E-state index contributed by atoms with van der Waals surface area (Å²) in [4.78, 5) is 27.7. The van der Waals surface area contributed by atoms with Gasteiger partial charge in [-0.25, -0.2) is 18.7 Å². The Balaban J connectivity index is 1.48. The molecule has 40 heavy (non-hydrogen) atoms. The normalized spacial score (nSPS) is 16.2. The second-order valence-corrected chi connectivity index (χ2v) is 10.2. The molecule has 2 aliphatic heterocycles. The molecule has 0 spiro atoms. The predicted octanol–water partition coefficient (Wildman–Crippen LogP) is 4.45. The van der Waals surface area contributed by atoms with E-state index in [0.717, 1.165) is 37.9 Å². The van der Waals surface area contributed by atoms with E-state index in [4.69, 9.17) is 9.47 Å². The summed E-state index contributed by atoms with van der Waals surface area (Å²) in [7, 11) is 1.39. The summed E-state index contributed by atoms with van der Waals surface area (Å²) in [5.41, 5.74) is 2.52. The van der Waals surface area contributed by atoms with Gasteiger partial charge in [-0.3, -0.25) is 14.6 Å². The summed E-state index contributed by atoms with van der Waals surface area (Å²) in [5.74, 6) is -0.296. The minimum absolute atomic E-state index is 0.00826. The monoisotopic (exact) mass is 552 g/mol. The van der Waals surface area contributed by atoms with Crippen LogP contribution in [0, 0.1) is 11.6 Å². The average molecular weight is 553 g/mol. The van der Waals surface area contributed by atoms with Gasteiger partial charge < -0.3 is 19.7 Å². The predicted molar refractivity (Wildman–Crippen MR) is 149 cm³/mol. The van der Waals surface area contributed by atoms with Gasteiger partial charge in [0.25, 0.3) is 5.91 Å². The zero-order valence-electron chi connectivity index (χ0n) is 23.2. The highest BCUT2D eigenvalue weighted by atomic mass is 19.1. The fourth-order valence-electron chi connectivity index (χ4n) is 5.21. The summed E-state index contributed by atoms with van der Waals surface area (Å²) in [5, 5.41) is 3.18. The lowest BCUT2D eigenvalue weighted by molar-refractivity contribution is -0.121. The Morgan fingerprint density at radius 2 is 1.90 bits per heavy atom. The Hall–Kier alpha value is -3.83. The molecule has 1 aromatic heterocycles. The summed E-state index contributed by atoms with van der Waals surface area (Å²) in [6.45, 7) is 11.3. The maximum atomic E-state index is 14.8. The fourth-order valence-corrected chi connectivity index (χ4v) is 5.21. The largest absolute Gasteiger partial charge is 0.496 e. The first-order valence-electron chi connectivity index (χ1n) is 13.5. The molecular weight excluding hydrogens is 518 g/mol. The zero-order chi connectivity index (χ0) is 28.4. The van der Waals surface area contributed by atoms with Crippen molar-refractivity contribution in [2.24, 2.45) is 0 Å². The highest BCUT2D eigenvalue weighted by Crippen LogP contribution is 2.40. The molecule has 1 N–H and O–H groups in total. The van der Waals surface area contributed by atoms with Crippen LogP contribution in [0.2, 0.25) is 0 Å². The topological polar surface area (TPSA) is 83.1 Å². The Morgan fingerprint density at radius 3 is 2.60 bits per heavy atom. The van der Waals surface area contributed by atoms with Crippen molar-refractivity contribution in [1.29, 1.82) is 0 Å². The number of benzene rings is 2. The molecule has 1 saturated heterocycles. The van der Waals surface area contributed by atoms with Gasteiger partial charge in [0.05, 0.1) is 19.0 Å². The van der Waals surface area contributed by atoms with Crippen LogP contribution in [0.4, 0.5) is 26.1 Å². The van der Waals surface area contributed by atoms with Gasteiger partial charge in [0.1, 0.15) is 23.0 Å². The van der Waals surface area contributed by atoms with Crippen LogP contribution < -0.4 is 19.7 Å². The first-order chi connectivity index (χ1) is 19.3. The van der Waals surface area contributed by atoms with Crippen LogP contribution in [0.1, 0.15) is 26.3 Å². The van der Waals surface area contributed by atoms with Gasteiger partial charge >= 0.3 is 0 Å². The molecule has 2 aromatic carbocycles. The second-order valence-electron chi connectivity index (χ2n) is 10.2. The van der Waals surface area contributed by atoms with Gasteiger partial charge in [-0.15, -0.1) is 0 Å². The van der Waals surface area contributed by atoms with Crippen molar-refractivity contribution in [3.05, 3.63) is 53.7 Å². The lowest BCUT2D eigenvalue weighted by Gasteiger charge is -2.37. The van der Waals surface area contributed by atoms with Crippen LogP contribution in [0.15, 0.2) is 36.5 Å². The van der Waals surface area contributed by atoms with Gasteiger partial charge in [-0.05, 0) is 45.0 Å². The van der Waals surface area contributed by atoms with Gasteiger partial charge in [0.2, 0.25) is 5.95 Å². The van der Waals surface area contributed by atoms with Crippen molar-refractivity contribution in [1.82, 2.24) is 19.8 Å². The molecular formula is C29H34F2N6O3. The molecule has 0 atom stereocenters. The molecule has 1 fully saturated rings. The van der Waals surface area contributed by atoms with E-state index in [1.54, 1.807) is 4.90 Å². The van der Waals surface area contributed by atoms with Crippen LogP contribution in [0.5, 0.6) is 11.5 Å². The van der Waals surface area contributed by atoms with E-state index in [1.165, 1.54) is 25.3 Å². The van der Waals surface area contributed by atoms with Crippen molar-refractivity contribution in [3.63, 3.8) is 0 Å². The number of piperazine rings is 1. The Morgan fingerprint density at radius 1 is 1.12 bits per heavy atom. The number of hydrogen-bond acceptors (Lipinski definition) is 8. The molecule has 11 heteroatoms. The number of nitrogens with zero attached hydrogens (tertiary/aromatic N) is 5. The van der Waals surface area contributed by atoms with E-state index >= 15 is 0 Å². The SMILES string of the molecule is CCN1C(=O)COc2c(CN3CCN(C(C)C)CC3)cc(Nc3ncc(F)c(-c4ccc(F)cc4OC)n3)cc21. The standard InChI is InChI=1S/C29H34F2N6O3/c1-5-37-24-14-21(33-29-32-15-23(31)27(34-29)22-7-6-20(30)13-25(22)39-4)12-19(28(24)40-17-26(37)38)16-35-8-10-36(11-9-35)18(2)3/h6-7,12-15,18H,5,8-11,16-17H2,1-4H3,(H,32,33,34). The number of carbonyl (C=O) groups excluding carboxylic acids is 1. The third kappa shape index (κ3) is 5.71. The highest BCUT2D eigenvalue weighted by Gasteiger charge is 2.29. The quantitative estimate of drug-likeness (QED) is 0.439. The number of halogens is 2. The van der Waals surface area contributed by atoms with Gasteiger partial charge in [0.15, 0.2) is 12.4 Å².